The van der Waals surface area contributed by atoms with E-state index in [1.165, 1.54) is 6.42 Å². The first kappa shape index (κ1) is 15.5. The smallest absolute Gasteiger partial charge is 0.236 e. The minimum atomic E-state index is -0.177. The lowest BCUT2D eigenvalue weighted by Gasteiger charge is -2.38. The average molecular weight is 308 g/mol. The van der Waals surface area contributed by atoms with Crippen LogP contribution >= 0.6 is 0 Å². The third-order valence-electron chi connectivity index (χ3n) is 4.36. The van der Waals surface area contributed by atoms with E-state index in [-0.39, 0.29) is 18.2 Å². The lowest BCUT2D eigenvalue weighted by molar-refractivity contribution is -0.139. The van der Waals surface area contributed by atoms with Gasteiger partial charge in [-0.3, -0.25) is 9.69 Å². The predicted molar refractivity (Wildman–Crippen MR) is 80.1 cm³/mol. The van der Waals surface area contributed by atoms with Crippen LogP contribution in [0.1, 0.15) is 25.0 Å². The van der Waals surface area contributed by atoms with Crippen molar-refractivity contribution in [2.75, 3.05) is 33.4 Å². The molecule has 0 aliphatic carbocycles. The largest absolute Gasteiger partial charge is 0.467 e. The Kier molecular flexibility index (Phi) is 5.12. The molecular weight excluding hydrogens is 284 g/mol. The van der Waals surface area contributed by atoms with Crippen molar-refractivity contribution in [1.29, 1.82) is 0 Å². The third kappa shape index (κ3) is 3.69. The van der Waals surface area contributed by atoms with Gasteiger partial charge >= 0.3 is 0 Å². The van der Waals surface area contributed by atoms with Gasteiger partial charge in [0.25, 0.3) is 0 Å². The minimum absolute atomic E-state index is 0.0984. The number of furan rings is 1. The van der Waals surface area contributed by atoms with Crippen molar-refractivity contribution in [3.05, 3.63) is 24.2 Å². The lowest BCUT2D eigenvalue weighted by atomic mass is 10.0. The summed E-state index contributed by atoms with van der Waals surface area (Å²) in [4.78, 5) is 16.4. The molecule has 2 fully saturated rings. The Bertz CT molecular complexity index is 471. The summed E-state index contributed by atoms with van der Waals surface area (Å²) in [5.41, 5.74) is 0. The maximum Gasteiger partial charge on any atom is 0.236 e. The molecule has 1 aromatic heterocycles. The minimum Gasteiger partial charge on any atom is -0.467 e. The van der Waals surface area contributed by atoms with E-state index in [2.05, 4.69) is 4.90 Å². The lowest BCUT2D eigenvalue weighted by Crippen LogP contribution is -2.51. The molecule has 0 radical (unpaired) electrons. The Morgan fingerprint density at radius 3 is 2.91 bits per heavy atom. The summed E-state index contributed by atoms with van der Waals surface area (Å²) >= 11 is 0. The Balaban J connectivity index is 1.56. The second-order valence-electron chi connectivity index (χ2n) is 5.97. The monoisotopic (exact) mass is 308 g/mol. The molecule has 0 N–H and O–H groups in total. The SMILES string of the molecule is CN(Cc1ccco1)C(=O)CN1CCCC[C@H]1C1OCCO1. The van der Waals surface area contributed by atoms with E-state index in [0.29, 0.717) is 26.3 Å². The van der Waals surface area contributed by atoms with Crippen molar-refractivity contribution >= 4 is 5.91 Å². The topological polar surface area (TPSA) is 55.2 Å². The van der Waals surface area contributed by atoms with Crippen molar-refractivity contribution in [3.63, 3.8) is 0 Å². The van der Waals surface area contributed by atoms with E-state index in [1.54, 1.807) is 11.2 Å². The molecule has 0 spiro atoms. The predicted octanol–water partition coefficient (Wildman–Crippen LogP) is 1.47. The highest BCUT2D eigenvalue weighted by atomic mass is 16.7. The average Bonchev–Trinajstić information content (AvgIpc) is 3.21. The molecule has 0 aromatic carbocycles. The number of carbonyl (C=O) groups excluding carboxylic acids is 1. The van der Waals surface area contributed by atoms with E-state index in [0.717, 1.165) is 25.1 Å². The number of nitrogens with zero attached hydrogens (tertiary/aromatic N) is 2. The zero-order chi connectivity index (χ0) is 15.4. The zero-order valence-electron chi connectivity index (χ0n) is 13.1. The number of hydrogen-bond donors (Lipinski definition) is 0. The van der Waals surface area contributed by atoms with E-state index < -0.39 is 0 Å². The molecule has 122 valence electrons. The maximum atomic E-state index is 12.5. The van der Waals surface area contributed by atoms with Crippen LogP contribution in [0.2, 0.25) is 0 Å². The summed E-state index contributed by atoms with van der Waals surface area (Å²) in [6, 6.07) is 3.91. The zero-order valence-corrected chi connectivity index (χ0v) is 13.1. The molecule has 0 bridgehead atoms. The van der Waals surface area contributed by atoms with Crippen LogP contribution in [0.25, 0.3) is 0 Å². The van der Waals surface area contributed by atoms with Gasteiger partial charge in [0.2, 0.25) is 5.91 Å². The summed E-state index contributed by atoms with van der Waals surface area (Å²) in [6.45, 7) is 3.14. The van der Waals surface area contributed by atoms with Crippen LogP contribution in [0, 0.1) is 0 Å². The van der Waals surface area contributed by atoms with Crippen LogP contribution in [0.3, 0.4) is 0 Å². The first-order chi connectivity index (χ1) is 10.7. The van der Waals surface area contributed by atoms with Crippen LogP contribution in [0.5, 0.6) is 0 Å². The molecule has 6 nitrogen and oxygen atoms in total. The molecule has 2 saturated heterocycles. The summed E-state index contributed by atoms with van der Waals surface area (Å²) < 4.78 is 16.6. The molecule has 6 heteroatoms. The van der Waals surface area contributed by atoms with Crippen LogP contribution < -0.4 is 0 Å². The Morgan fingerprint density at radius 2 is 2.18 bits per heavy atom. The van der Waals surface area contributed by atoms with E-state index in [4.69, 9.17) is 13.9 Å². The van der Waals surface area contributed by atoms with Crippen molar-refractivity contribution in [2.45, 2.75) is 38.1 Å². The van der Waals surface area contributed by atoms with Gasteiger partial charge in [0.1, 0.15) is 5.76 Å². The normalized spacial score (nSPS) is 23.8. The second-order valence-corrected chi connectivity index (χ2v) is 5.97. The number of piperidine rings is 1. The molecule has 3 heterocycles. The highest BCUT2D eigenvalue weighted by Crippen LogP contribution is 2.24. The number of likely N-dealkylation sites (tertiary alicyclic amines) is 1. The standard InChI is InChI=1S/C16H24N2O4/c1-17(11-13-5-4-8-20-13)15(19)12-18-7-3-2-6-14(18)16-21-9-10-22-16/h4-5,8,14,16H,2-3,6-7,9-12H2,1H3/t14-/m0/s1. The van der Waals surface area contributed by atoms with Gasteiger partial charge in [-0.25, -0.2) is 0 Å². The summed E-state index contributed by atoms with van der Waals surface area (Å²) in [5.74, 6) is 0.898. The summed E-state index contributed by atoms with van der Waals surface area (Å²) in [6.07, 6.45) is 4.77. The van der Waals surface area contributed by atoms with Crippen molar-refractivity contribution in [1.82, 2.24) is 9.80 Å². The van der Waals surface area contributed by atoms with Crippen LogP contribution in [-0.2, 0) is 20.8 Å². The molecule has 22 heavy (non-hydrogen) atoms. The van der Waals surface area contributed by atoms with E-state index >= 15 is 0 Å². The molecule has 0 unspecified atom stereocenters. The van der Waals surface area contributed by atoms with Gasteiger partial charge in [-0.05, 0) is 31.5 Å². The fourth-order valence-electron chi connectivity index (χ4n) is 3.14. The van der Waals surface area contributed by atoms with E-state index in [9.17, 15) is 4.79 Å². The van der Waals surface area contributed by atoms with Gasteiger partial charge in [-0.1, -0.05) is 6.42 Å². The van der Waals surface area contributed by atoms with Crippen LogP contribution in [0.4, 0.5) is 0 Å². The highest BCUT2D eigenvalue weighted by Gasteiger charge is 2.34. The number of amides is 1. The van der Waals surface area contributed by atoms with E-state index in [1.807, 2.05) is 19.2 Å². The number of carbonyl (C=O) groups is 1. The molecule has 1 aromatic rings. The van der Waals surface area contributed by atoms with Crippen molar-refractivity contribution in [3.8, 4) is 0 Å². The molecule has 1 atom stereocenters. The molecule has 1 amide bonds. The fraction of sp³-hybridized carbons (Fsp3) is 0.688. The first-order valence-corrected chi connectivity index (χ1v) is 7.97. The Morgan fingerprint density at radius 1 is 1.36 bits per heavy atom. The molecule has 2 aliphatic heterocycles. The molecule has 0 saturated carbocycles. The van der Waals surface area contributed by atoms with Gasteiger partial charge in [-0.2, -0.15) is 0 Å². The number of ether oxygens (including phenoxy) is 2. The number of hydrogen-bond acceptors (Lipinski definition) is 5. The van der Waals surface area contributed by atoms with Gasteiger partial charge in [0.15, 0.2) is 6.29 Å². The Hall–Kier alpha value is -1.37. The first-order valence-electron chi connectivity index (χ1n) is 7.97. The summed E-state index contributed by atoms with van der Waals surface area (Å²) in [5, 5.41) is 0. The van der Waals surface area contributed by atoms with Crippen LogP contribution in [-0.4, -0.2) is 61.4 Å². The fourth-order valence-corrected chi connectivity index (χ4v) is 3.14. The third-order valence-corrected chi connectivity index (χ3v) is 4.36. The molecule has 3 rings (SSSR count). The molecular formula is C16H24N2O4. The van der Waals surface area contributed by atoms with Crippen molar-refractivity contribution < 1.29 is 18.7 Å². The number of likely N-dealkylation sites (N-methyl/N-ethyl adjacent to an activating group) is 1. The molecule has 2 aliphatic rings. The quantitative estimate of drug-likeness (QED) is 0.824. The Labute approximate surface area is 131 Å². The van der Waals surface area contributed by atoms with Gasteiger partial charge in [-0.15, -0.1) is 0 Å². The highest BCUT2D eigenvalue weighted by molar-refractivity contribution is 5.78. The maximum absolute atomic E-state index is 12.5. The number of rotatable bonds is 5. The van der Waals surface area contributed by atoms with Crippen molar-refractivity contribution in [2.24, 2.45) is 0 Å². The van der Waals surface area contributed by atoms with Gasteiger partial charge in [0, 0.05) is 7.05 Å². The van der Waals surface area contributed by atoms with Crippen LogP contribution in [0.15, 0.2) is 22.8 Å². The summed E-state index contributed by atoms with van der Waals surface area (Å²) in [7, 11) is 1.81. The second kappa shape index (κ2) is 7.26. The van der Waals surface area contributed by atoms with Gasteiger partial charge < -0.3 is 18.8 Å². The van der Waals surface area contributed by atoms with Gasteiger partial charge in [0.05, 0.1) is 38.6 Å².